The SMILES string of the molecule is C=C(C)C(=O)Cl.C=C(C)C(=O)OC1(C2=CCCCC2)CCOC1.O=C1CCOC1.OC1(C2=CCCCC2)CCOC1.[Br-].[C-]1=CCCCC1.[Mg+2]. The van der Waals surface area contributed by atoms with E-state index in [4.69, 9.17) is 30.5 Å². The number of allylic oxidation sites excluding steroid dienone is 5. The van der Waals surface area contributed by atoms with E-state index in [2.05, 4.69) is 37.5 Å². The first kappa shape index (κ1) is 47.9. The number of hydrogen-bond donors (Lipinski definition) is 1. The third kappa shape index (κ3) is 18.8. The standard InChI is InChI=1S/C14H20O3.C10H16O2.C6H9.C4H5ClO.C4H6O2.BrH.Mg/c1-11(2)13(15)17-14(8-9-16-10-14)12-6-4-3-5-7-12;11-10(6-7-12-8-10)9-4-2-1-3-5-9;1-2-4-6-5-3-1;1-3(2)4(5)6;5-4-1-2-6-3-4;;/h6H,1,3-5,7-10H2,2H3;4,11H,1-3,5-8H2;1H,2,4-6H2;1H2,2H3;1-3H2;1H;/q;;-1;;;;+2/p-1. The monoisotopic (exact) mass is 778 g/mol. The van der Waals surface area contributed by atoms with E-state index in [1.165, 1.54) is 62.5 Å². The Morgan fingerprint density at radius 1 is 0.837 bits per heavy atom. The third-order valence-electron chi connectivity index (χ3n) is 8.58. The molecule has 3 fully saturated rings. The summed E-state index contributed by atoms with van der Waals surface area (Å²) < 4.78 is 21.0. The molecule has 2 unspecified atom stereocenters. The molecule has 3 aliphatic heterocycles. The van der Waals surface area contributed by atoms with E-state index < -0.39 is 16.4 Å². The van der Waals surface area contributed by atoms with Crippen molar-refractivity contribution in [1.82, 2.24) is 0 Å². The van der Waals surface area contributed by atoms with Gasteiger partial charge in [-0.15, -0.1) is 0 Å². The molecule has 6 aliphatic rings. The van der Waals surface area contributed by atoms with Crippen LogP contribution in [0.5, 0.6) is 0 Å². The number of carbonyl (C=O) groups excluding carboxylic acids is 3. The molecule has 49 heavy (non-hydrogen) atoms. The second kappa shape index (κ2) is 26.6. The molecule has 6 rings (SSSR count). The maximum absolute atomic E-state index is 11.7. The molecule has 3 heterocycles. The van der Waals surface area contributed by atoms with Crippen molar-refractivity contribution in [2.75, 3.05) is 39.6 Å². The van der Waals surface area contributed by atoms with Crippen LogP contribution < -0.4 is 17.0 Å². The van der Waals surface area contributed by atoms with Crippen LogP contribution in [0.4, 0.5) is 0 Å². The predicted molar refractivity (Wildman–Crippen MR) is 191 cm³/mol. The Labute approximate surface area is 326 Å². The number of rotatable bonds is 5. The fraction of sp³-hybridized carbons (Fsp3) is 0.658. The summed E-state index contributed by atoms with van der Waals surface area (Å²) in [7, 11) is 0. The molecular formula is C38H56BrClMgO8. The van der Waals surface area contributed by atoms with Crippen molar-refractivity contribution in [3.8, 4) is 0 Å². The molecule has 0 radical (unpaired) electrons. The van der Waals surface area contributed by atoms with Crippen LogP contribution in [0.15, 0.2) is 53.7 Å². The van der Waals surface area contributed by atoms with E-state index >= 15 is 0 Å². The zero-order valence-corrected chi connectivity index (χ0v) is 33.5. The largest absolute Gasteiger partial charge is 2.00 e. The van der Waals surface area contributed by atoms with Gasteiger partial charge in [-0.2, -0.15) is 6.42 Å². The number of ether oxygens (including phenoxy) is 4. The first-order valence-corrected chi connectivity index (χ1v) is 17.5. The predicted octanol–water partition coefficient (Wildman–Crippen LogP) is 4.25. The normalized spacial score (nSPS) is 25.2. The Morgan fingerprint density at radius 2 is 1.43 bits per heavy atom. The summed E-state index contributed by atoms with van der Waals surface area (Å²) in [6.07, 6.45) is 26.4. The molecule has 0 aromatic heterocycles. The molecule has 2 atom stereocenters. The minimum atomic E-state index is -0.597. The Hall–Kier alpha value is -1.11. The fourth-order valence-electron chi connectivity index (χ4n) is 5.65. The molecule has 0 aromatic carbocycles. The van der Waals surface area contributed by atoms with Crippen molar-refractivity contribution < 1.29 is 55.4 Å². The zero-order chi connectivity index (χ0) is 34.5. The van der Waals surface area contributed by atoms with Crippen LogP contribution in [0.1, 0.15) is 110 Å². The van der Waals surface area contributed by atoms with E-state index in [0.717, 1.165) is 38.5 Å². The Balaban J connectivity index is 0.000000628. The van der Waals surface area contributed by atoms with Gasteiger partial charge in [0.25, 0.3) is 0 Å². The molecule has 0 aromatic rings. The minimum absolute atomic E-state index is 0. The van der Waals surface area contributed by atoms with Crippen LogP contribution in [-0.2, 0) is 33.3 Å². The smallest absolute Gasteiger partial charge is 1.00 e. The Kier molecular flexibility index (Phi) is 26.0. The molecule has 0 amide bonds. The van der Waals surface area contributed by atoms with Gasteiger partial charge in [-0.1, -0.05) is 44.6 Å². The van der Waals surface area contributed by atoms with Gasteiger partial charge < -0.3 is 47.1 Å². The van der Waals surface area contributed by atoms with Gasteiger partial charge in [0, 0.05) is 37.0 Å². The average Bonchev–Trinajstić information content (AvgIpc) is 3.88. The van der Waals surface area contributed by atoms with Crippen LogP contribution in [0.3, 0.4) is 0 Å². The van der Waals surface area contributed by atoms with E-state index in [-0.39, 0.29) is 51.8 Å². The van der Waals surface area contributed by atoms with Gasteiger partial charge >= 0.3 is 29.0 Å². The first-order valence-electron chi connectivity index (χ1n) is 17.1. The molecule has 272 valence electrons. The zero-order valence-electron chi connectivity index (χ0n) is 29.8. The maximum atomic E-state index is 11.7. The number of carbonyl (C=O) groups is 3. The van der Waals surface area contributed by atoms with Gasteiger partial charge in [0.1, 0.15) is 12.2 Å². The van der Waals surface area contributed by atoms with E-state index in [1.54, 1.807) is 13.8 Å². The van der Waals surface area contributed by atoms with E-state index in [0.29, 0.717) is 57.2 Å². The molecule has 0 saturated carbocycles. The summed E-state index contributed by atoms with van der Waals surface area (Å²) in [6.45, 7) is 13.5. The first-order chi connectivity index (χ1) is 22.5. The third-order valence-corrected chi connectivity index (χ3v) is 8.90. The van der Waals surface area contributed by atoms with Crippen molar-refractivity contribution >= 4 is 51.6 Å². The van der Waals surface area contributed by atoms with Crippen LogP contribution in [0, 0.1) is 6.08 Å². The second-order valence-corrected chi connectivity index (χ2v) is 13.1. The van der Waals surface area contributed by atoms with Gasteiger partial charge in [0.05, 0.1) is 26.4 Å². The van der Waals surface area contributed by atoms with Gasteiger partial charge in [0.2, 0.25) is 5.24 Å². The summed E-state index contributed by atoms with van der Waals surface area (Å²) in [5.41, 5.74) is 2.21. The molecular weight excluding hydrogens is 724 g/mol. The summed E-state index contributed by atoms with van der Waals surface area (Å²) in [4.78, 5) is 31.7. The van der Waals surface area contributed by atoms with Crippen molar-refractivity contribution in [1.29, 1.82) is 0 Å². The van der Waals surface area contributed by atoms with Crippen LogP contribution >= 0.6 is 11.6 Å². The van der Waals surface area contributed by atoms with Crippen molar-refractivity contribution in [3.63, 3.8) is 0 Å². The summed E-state index contributed by atoms with van der Waals surface area (Å²) in [5.74, 6) is -0.0722. The Bertz CT molecular complexity index is 1110. The number of aliphatic hydroxyl groups is 1. The van der Waals surface area contributed by atoms with Gasteiger partial charge in [-0.3, -0.25) is 15.7 Å². The summed E-state index contributed by atoms with van der Waals surface area (Å²) in [5, 5.41) is 9.66. The molecule has 0 bridgehead atoms. The van der Waals surface area contributed by atoms with Gasteiger partial charge in [-0.25, -0.2) is 4.79 Å². The molecule has 0 spiro atoms. The number of halogens is 2. The Morgan fingerprint density at radius 3 is 1.76 bits per heavy atom. The van der Waals surface area contributed by atoms with Gasteiger partial charge in [0.15, 0.2) is 11.4 Å². The fourth-order valence-corrected chi connectivity index (χ4v) is 5.65. The molecule has 3 saturated heterocycles. The van der Waals surface area contributed by atoms with Gasteiger partial charge in [-0.05, 0) is 88.0 Å². The van der Waals surface area contributed by atoms with Crippen molar-refractivity contribution in [2.24, 2.45) is 0 Å². The second-order valence-electron chi connectivity index (χ2n) is 12.8. The number of Topliss-reactive ketones (excluding diaryl/α,β-unsaturated/α-hetero) is 1. The topological polar surface area (TPSA) is 108 Å². The molecule has 8 nitrogen and oxygen atoms in total. The van der Waals surface area contributed by atoms with Crippen LogP contribution in [-0.4, -0.2) is 96.0 Å². The number of ketones is 1. The van der Waals surface area contributed by atoms with Crippen LogP contribution in [0.2, 0.25) is 0 Å². The summed E-state index contributed by atoms with van der Waals surface area (Å²) >= 11 is 4.87. The average molecular weight is 781 g/mol. The van der Waals surface area contributed by atoms with E-state index in [1.807, 2.05) is 0 Å². The maximum Gasteiger partial charge on any atom is 2.00 e. The van der Waals surface area contributed by atoms with E-state index in [9.17, 15) is 19.5 Å². The summed E-state index contributed by atoms with van der Waals surface area (Å²) in [6, 6.07) is 0. The number of esters is 1. The van der Waals surface area contributed by atoms with Crippen LogP contribution in [0.25, 0.3) is 0 Å². The quantitative estimate of drug-likeness (QED) is 0.110. The molecule has 1 N–H and O–H groups in total. The molecule has 3 aliphatic carbocycles. The van der Waals surface area contributed by atoms with Crippen molar-refractivity contribution in [2.45, 2.75) is 121 Å². The van der Waals surface area contributed by atoms with Crippen molar-refractivity contribution in [3.05, 3.63) is 59.8 Å². The minimum Gasteiger partial charge on any atom is -1.00 e. The molecule has 11 heteroatoms. The number of hydrogen-bond acceptors (Lipinski definition) is 8.